The van der Waals surface area contributed by atoms with Crippen molar-refractivity contribution in [1.29, 1.82) is 0 Å². The number of carboxylic acids is 1. The summed E-state index contributed by atoms with van der Waals surface area (Å²) in [6, 6.07) is -4.35. The summed E-state index contributed by atoms with van der Waals surface area (Å²) in [6.07, 6.45) is -0.312. The third-order valence-electron chi connectivity index (χ3n) is 3.62. The Morgan fingerprint density at radius 2 is 1.47 bits per heavy atom. The molecule has 0 heterocycles. The Balaban J connectivity index is 5.30. The van der Waals surface area contributed by atoms with Gasteiger partial charge in [-0.3, -0.25) is 24.2 Å². The summed E-state index contributed by atoms with van der Waals surface area (Å²) in [6.45, 7) is -1.16. The number of primary amides is 1. The number of rotatable bonds is 14. The highest BCUT2D eigenvalue weighted by molar-refractivity contribution is 5.95. The molecule has 15 heteroatoms. The average molecular weight is 432 g/mol. The van der Waals surface area contributed by atoms with Crippen LogP contribution in [0.4, 0.5) is 0 Å². The highest BCUT2D eigenvalue weighted by Crippen LogP contribution is 2.02. The number of aliphatic imine (C=N–C) groups is 1. The van der Waals surface area contributed by atoms with E-state index in [2.05, 4.69) is 15.6 Å². The van der Waals surface area contributed by atoms with E-state index in [-0.39, 0.29) is 25.3 Å². The van der Waals surface area contributed by atoms with E-state index in [4.69, 9.17) is 33.1 Å². The Hall–Kier alpha value is -3.46. The SMILES string of the molecule is NCC(=O)NC(CCCN=C(N)N)C(=O)NC(CC(N)=O)C(=O)NC(CO)C(=O)O. The second-order valence-electron chi connectivity index (χ2n) is 6.09. The molecule has 0 saturated heterocycles. The minimum absolute atomic E-state index is 0.0631. The van der Waals surface area contributed by atoms with Crippen molar-refractivity contribution in [1.82, 2.24) is 16.0 Å². The summed E-state index contributed by atoms with van der Waals surface area (Å²) in [5, 5.41) is 24.5. The second-order valence-corrected chi connectivity index (χ2v) is 6.09. The Kier molecular flexibility index (Phi) is 12.1. The number of nitrogens with one attached hydrogen (secondary N) is 3. The normalized spacial score (nSPS) is 13.3. The van der Waals surface area contributed by atoms with E-state index in [0.717, 1.165) is 0 Å². The molecule has 170 valence electrons. The maximum Gasteiger partial charge on any atom is 0.328 e. The van der Waals surface area contributed by atoms with Crippen LogP contribution in [0.3, 0.4) is 0 Å². The van der Waals surface area contributed by atoms with Crippen molar-refractivity contribution in [2.24, 2.45) is 27.9 Å². The van der Waals surface area contributed by atoms with Gasteiger partial charge in [0.1, 0.15) is 18.1 Å². The van der Waals surface area contributed by atoms with Crippen LogP contribution in [0.1, 0.15) is 19.3 Å². The lowest BCUT2D eigenvalue weighted by Gasteiger charge is -2.23. The molecule has 0 spiro atoms. The van der Waals surface area contributed by atoms with Crippen LogP contribution in [0.15, 0.2) is 4.99 Å². The van der Waals surface area contributed by atoms with Gasteiger partial charge in [0.2, 0.25) is 23.6 Å². The first kappa shape index (κ1) is 26.5. The number of carbonyl (C=O) groups excluding carboxylic acids is 4. The Morgan fingerprint density at radius 3 is 1.93 bits per heavy atom. The number of carboxylic acid groups (broad SMARTS) is 1. The predicted molar refractivity (Wildman–Crippen MR) is 103 cm³/mol. The van der Waals surface area contributed by atoms with Crippen LogP contribution in [0.5, 0.6) is 0 Å². The number of guanidine groups is 1. The molecule has 0 aliphatic heterocycles. The molecule has 0 aliphatic carbocycles. The fourth-order valence-electron chi connectivity index (χ4n) is 2.17. The summed E-state index contributed by atoms with van der Waals surface area (Å²) >= 11 is 0. The van der Waals surface area contributed by atoms with Crippen LogP contribution in [0.2, 0.25) is 0 Å². The van der Waals surface area contributed by atoms with Crippen molar-refractivity contribution >= 4 is 35.6 Å². The molecular formula is C15H28N8O7. The van der Waals surface area contributed by atoms with Crippen molar-refractivity contribution in [3.63, 3.8) is 0 Å². The maximum absolute atomic E-state index is 12.6. The lowest BCUT2D eigenvalue weighted by Crippen LogP contribution is -2.57. The molecule has 0 aromatic rings. The Morgan fingerprint density at radius 1 is 0.900 bits per heavy atom. The Labute approximate surface area is 171 Å². The predicted octanol–water partition coefficient (Wildman–Crippen LogP) is -5.59. The second kappa shape index (κ2) is 13.7. The van der Waals surface area contributed by atoms with Crippen LogP contribution in [-0.2, 0) is 24.0 Å². The number of aliphatic hydroxyl groups is 1. The van der Waals surface area contributed by atoms with E-state index in [1.54, 1.807) is 0 Å². The Bertz CT molecular complexity index is 665. The molecule has 0 saturated carbocycles. The zero-order valence-electron chi connectivity index (χ0n) is 16.2. The van der Waals surface area contributed by atoms with Crippen molar-refractivity contribution in [2.45, 2.75) is 37.4 Å². The van der Waals surface area contributed by atoms with Gasteiger partial charge in [-0.2, -0.15) is 0 Å². The topological polar surface area (TPSA) is 278 Å². The molecule has 30 heavy (non-hydrogen) atoms. The van der Waals surface area contributed by atoms with E-state index < -0.39 is 67.3 Å². The summed E-state index contributed by atoms with van der Waals surface area (Å²) in [7, 11) is 0. The molecule has 0 fully saturated rings. The van der Waals surface area contributed by atoms with Crippen molar-refractivity contribution in [3.8, 4) is 0 Å². The maximum atomic E-state index is 12.6. The van der Waals surface area contributed by atoms with Gasteiger partial charge in [0.15, 0.2) is 5.96 Å². The third kappa shape index (κ3) is 10.8. The number of carbonyl (C=O) groups is 5. The van der Waals surface area contributed by atoms with Gasteiger partial charge >= 0.3 is 5.97 Å². The number of hydrogen-bond donors (Lipinski definition) is 9. The molecule has 3 unspecified atom stereocenters. The molecule has 0 aromatic heterocycles. The number of amides is 4. The monoisotopic (exact) mass is 432 g/mol. The molecular weight excluding hydrogens is 404 g/mol. The van der Waals surface area contributed by atoms with Crippen LogP contribution >= 0.6 is 0 Å². The van der Waals surface area contributed by atoms with Gasteiger partial charge in [0.05, 0.1) is 19.6 Å². The average Bonchev–Trinajstić information content (AvgIpc) is 2.66. The minimum atomic E-state index is -1.66. The van der Waals surface area contributed by atoms with Gasteiger partial charge in [-0.1, -0.05) is 0 Å². The number of aliphatic carboxylic acids is 1. The minimum Gasteiger partial charge on any atom is -0.480 e. The summed E-state index contributed by atoms with van der Waals surface area (Å²) in [5.74, 6) is -5.20. The van der Waals surface area contributed by atoms with Crippen LogP contribution < -0.4 is 38.9 Å². The van der Waals surface area contributed by atoms with Crippen LogP contribution in [0.25, 0.3) is 0 Å². The number of hydrogen-bond acceptors (Lipinski definition) is 8. The fraction of sp³-hybridized carbons (Fsp3) is 0.600. The van der Waals surface area contributed by atoms with Gasteiger partial charge in [-0.25, -0.2) is 4.79 Å². The van der Waals surface area contributed by atoms with Gasteiger partial charge in [-0.15, -0.1) is 0 Å². The number of nitrogens with zero attached hydrogens (tertiary/aromatic N) is 1. The van der Waals surface area contributed by atoms with Crippen molar-refractivity contribution < 1.29 is 34.2 Å². The van der Waals surface area contributed by atoms with E-state index >= 15 is 0 Å². The summed E-state index contributed by atoms with van der Waals surface area (Å²) < 4.78 is 0. The number of nitrogens with two attached hydrogens (primary N) is 4. The molecule has 3 atom stereocenters. The van der Waals surface area contributed by atoms with Crippen LogP contribution in [-0.4, -0.2) is 83.6 Å². The number of aliphatic hydroxyl groups excluding tert-OH is 1. The van der Waals surface area contributed by atoms with Gasteiger partial charge < -0.3 is 49.1 Å². The smallest absolute Gasteiger partial charge is 0.328 e. The lowest BCUT2D eigenvalue weighted by atomic mass is 10.1. The molecule has 4 amide bonds. The van der Waals surface area contributed by atoms with Crippen LogP contribution in [0, 0.1) is 0 Å². The van der Waals surface area contributed by atoms with E-state index in [9.17, 15) is 24.0 Å². The van der Waals surface area contributed by atoms with E-state index in [1.165, 1.54) is 0 Å². The first-order valence-corrected chi connectivity index (χ1v) is 8.79. The fourth-order valence-corrected chi connectivity index (χ4v) is 2.17. The summed E-state index contributed by atoms with van der Waals surface area (Å²) in [5.41, 5.74) is 20.7. The molecule has 0 aliphatic rings. The van der Waals surface area contributed by atoms with Gasteiger partial charge in [0.25, 0.3) is 0 Å². The highest BCUT2D eigenvalue weighted by atomic mass is 16.4. The quantitative estimate of drug-likeness (QED) is 0.0712. The van der Waals surface area contributed by atoms with E-state index in [0.29, 0.717) is 0 Å². The molecule has 0 aromatic carbocycles. The van der Waals surface area contributed by atoms with Crippen molar-refractivity contribution in [3.05, 3.63) is 0 Å². The zero-order valence-corrected chi connectivity index (χ0v) is 16.2. The summed E-state index contributed by atoms with van der Waals surface area (Å²) in [4.78, 5) is 62.4. The van der Waals surface area contributed by atoms with E-state index in [1.807, 2.05) is 5.32 Å². The first-order chi connectivity index (χ1) is 14.0. The molecule has 13 N–H and O–H groups in total. The molecule has 0 rings (SSSR count). The lowest BCUT2D eigenvalue weighted by molar-refractivity contribution is -0.143. The van der Waals surface area contributed by atoms with Crippen molar-refractivity contribution in [2.75, 3.05) is 19.7 Å². The van der Waals surface area contributed by atoms with Gasteiger partial charge in [0, 0.05) is 6.54 Å². The first-order valence-electron chi connectivity index (χ1n) is 8.79. The zero-order chi connectivity index (χ0) is 23.3. The third-order valence-corrected chi connectivity index (χ3v) is 3.62. The highest BCUT2D eigenvalue weighted by Gasteiger charge is 2.30. The van der Waals surface area contributed by atoms with Gasteiger partial charge in [-0.05, 0) is 12.8 Å². The molecule has 15 nitrogen and oxygen atoms in total. The molecule has 0 radical (unpaired) electrons. The molecule has 0 bridgehead atoms. The largest absolute Gasteiger partial charge is 0.480 e. The standard InChI is InChI=1S/C15H28N8O7/c16-5-11(26)21-7(2-1-3-20-15(18)19)12(27)22-8(4-10(17)25)13(28)23-9(6-24)14(29)30/h7-9,24H,1-6,16H2,(H2,17,25)(H,21,26)(H,22,27)(H,23,28)(H,29,30)(H4,18,19,20).